The van der Waals surface area contributed by atoms with Crippen molar-refractivity contribution in [3.05, 3.63) is 30.1 Å². The number of hydrogen-bond acceptors (Lipinski definition) is 5. The van der Waals surface area contributed by atoms with Crippen LogP contribution in [-0.4, -0.2) is 60.1 Å². The van der Waals surface area contributed by atoms with E-state index >= 15 is 0 Å². The lowest BCUT2D eigenvalue weighted by Gasteiger charge is -2.33. The highest BCUT2D eigenvalue weighted by atomic mass is 32.1. The quantitative estimate of drug-likeness (QED) is 0.681. The average Bonchev–Trinajstić information content (AvgIpc) is 2.98. The monoisotopic (exact) mass is 322 g/mol. The summed E-state index contributed by atoms with van der Waals surface area (Å²) in [4.78, 5) is 20.1. The van der Waals surface area contributed by atoms with Crippen molar-refractivity contribution in [3.63, 3.8) is 0 Å². The molecular weight excluding hydrogens is 296 g/mol. The van der Waals surface area contributed by atoms with Gasteiger partial charge in [0.15, 0.2) is 6.29 Å². The lowest BCUT2D eigenvalue weighted by Crippen LogP contribution is -2.45. The highest BCUT2D eigenvalue weighted by Gasteiger charge is 2.21. The van der Waals surface area contributed by atoms with Gasteiger partial charge in [-0.3, -0.25) is 9.20 Å². The van der Waals surface area contributed by atoms with Gasteiger partial charge >= 0.3 is 0 Å². The third kappa shape index (κ3) is 4.01. The maximum atomic E-state index is 11.2. The van der Waals surface area contributed by atoms with Gasteiger partial charge in [-0.25, -0.2) is 4.98 Å². The molecule has 6 heteroatoms. The number of hydrogen-bond donors (Lipinski definition) is 1. The van der Waals surface area contributed by atoms with E-state index in [0.717, 1.165) is 43.9 Å². The van der Waals surface area contributed by atoms with Crippen LogP contribution in [0.15, 0.2) is 24.4 Å². The summed E-state index contributed by atoms with van der Waals surface area (Å²) in [6, 6.07) is 5.82. The number of aldehydes is 1. The molecule has 2 aromatic rings. The van der Waals surface area contributed by atoms with Gasteiger partial charge in [0.1, 0.15) is 17.2 Å². The number of piperazine rings is 1. The van der Waals surface area contributed by atoms with Crippen molar-refractivity contribution in [1.29, 1.82) is 0 Å². The zero-order chi connectivity index (χ0) is 16.5. The second-order valence-electron chi connectivity index (χ2n) is 4.66. The van der Waals surface area contributed by atoms with Gasteiger partial charge in [0, 0.05) is 32.4 Å². The summed E-state index contributed by atoms with van der Waals surface area (Å²) < 4.78 is 2.00. The molecule has 5 nitrogen and oxygen atoms in total. The molecule has 3 rings (SSSR count). The molecule has 0 aromatic carbocycles. The van der Waals surface area contributed by atoms with Gasteiger partial charge in [-0.15, -0.1) is 0 Å². The molecule has 122 valence electrons. The predicted molar refractivity (Wildman–Crippen MR) is 96.5 cm³/mol. The fourth-order valence-electron chi connectivity index (χ4n) is 2.41. The minimum absolute atomic E-state index is 0.533. The predicted octanol–water partition coefficient (Wildman–Crippen LogP) is 2.47. The summed E-state index contributed by atoms with van der Waals surface area (Å²) in [7, 11) is 2.12. The zero-order valence-electron chi connectivity index (χ0n) is 13.9. The molecular formula is C16H26N4OS. The number of thiol groups is 1. The number of carbonyl (C=O) groups is 1. The highest BCUT2D eigenvalue weighted by molar-refractivity contribution is 7.79. The van der Waals surface area contributed by atoms with Crippen LogP contribution in [0.3, 0.4) is 0 Å². The standard InChI is InChI=1S/C13H16N4O.C2H6.CH4S/c1-15-6-8-16(9-7-15)13-11(10-18)14-12-4-2-3-5-17(12)13;2*1-2/h2-5,10H,6-9H2,1H3;1-2H3;2H,1H3. The van der Waals surface area contributed by atoms with E-state index in [1.54, 1.807) is 6.26 Å². The molecule has 1 fully saturated rings. The molecule has 3 heterocycles. The number of likely N-dealkylation sites (N-methyl/N-ethyl adjacent to an activating group) is 1. The topological polar surface area (TPSA) is 40.8 Å². The lowest BCUT2D eigenvalue weighted by molar-refractivity contribution is 0.112. The summed E-state index contributed by atoms with van der Waals surface area (Å²) in [5.41, 5.74) is 1.36. The Morgan fingerprint density at radius 2 is 1.77 bits per heavy atom. The van der Waals surface area contributed by atoms with Crippen molar-refractivity contribution in [1.82, 2.24) is 14.3 Å². The molecule has 22 heavy (non-hydrogen) atoms. The van der Waals surface area contributed by atoms with Gasteiger partial charge < -0.3 is 9.80 Å². The van der Waals surface area contributed by atoms with E-state index in [1.807, 2.05) is 42.6 Å². The van der Waals surface area contributed by atoms with Gasteiger partial charge in [-0.2, -0.15) is 12.6 Å². The minimum atomic E-state index is 0.533. The van der Waals surface area contributed by atoms with E-state index in [2.05, 4.69) is 34.5 Å². The first-order chi connectivity index (χ1) is 10.8. The number of imidazole rings is 1. The molecule has 0 saturated carbocycles. The molecule has 0 spiro atoms. The first-order valence-electron chi connectivity index (χ1n) is 7.60. The van der Waals surface area contributed by atoms with E-state index in [1.165, 1.54) is 0 Å². The van der Waals surface area contributed by atoms with Gasteiger partial charge in [-0.1, -0.05) is 19.9 Å². The molecule has 2 aromatic heterocycles. The maximum Gasteiger partial charge on any atom is 0.172 e. The Labute approximate surface area is 138 Å². The fourth-order valence-corrected chi connectivity index (χ4v) is 2.41. The Balaban J connectivity index is 0.000000561. The van der Waals surface area contributed by atoms with Crippen molar-refractivity contribution in [2.24, 2.45) is 0 Å². The SMILES string of the molecule is CC.CN1CCN(c2c(C=O)nc3ccccn23)CC1.CS. The Morgan fingerprint density at radius 3 is 2.36 bits per heavy atom. The summed E-state index contributed by atoms with van der Waals surface area (Å²) in [5.74, 6) is 0.925. The smallest absolute Gasteiger partial charge is 0.172 e. The highest BCUT2D eigenvalue weighted by Crippen LogP contribution is 2.22. The zero-order valence-corrected chi connectivity index (χ0v) is 14.8. The molecule has 1 aliphatic rings. The van der Waals surface area contributed by atoms with Crippen LogP contribution in [0, 0.1) is 0 Å². The van der Waals surface area contributed by atoms with Crippen molar-refractivity contribution in [2.75, 3.05) is 44.4 Å². The third-order valence-corrected chi connectivity index (χ3v) is 3.45. The Morgan fingerprint density at radius 1 is 1.14 bits per heavy atom. The molecule has 1 aliphatic heterocycles. The maximum absolute atomic E-state index is 11.2. The summed E-state index contributed by atoms with van der Waals surface area (Å²) >= 11 is 3.53. The molecule has 0 N–H and O–H groups in total. The van der Waals surface area contributed by atoms with Gasteiger partial charge in [0.2, 0.25) is 0 Å². The molecule has 0 radical (unpaired) electrons. The number of aromatic nitrogens is 2. The first kappa shape index (κ1) is 18.5. The van der Waals surface area contributed by atoms with Crippen LogP contribution >= 0.6 is 12.6 Å². The summed E-state index contributed by atoms with van der Waals surface area (Å²) in [6.07, 6.45) is 4.50. The second kappa shape index (κ2) is 9.48. The van der Waals surface area contributed by atoms with Crippen LogP contribution in [-0.2, 0) is 0 Å². The van der Waals surface area contributed by atoms with Crippen LogP contribution in [0.1, 0.15) is 24.3 Å². The molecule has 0 atom stereocenters. The van der Waals surface area contributed by atoms with E-state index in [0.29, 0.717) is 5.69 Å². The van der Waals surface area contributed by atoms with Crippen LogP contribution in [0.4, 0.5) is 5.82 Å². The Hall–Kier alpha value is -1.53. The number of pyridine rings is 1. The van der Waals surface area contributed by atoms with E-state index in [4.69, 9.17) is 0 Å². The van der Waals surface area contributed by atoms with E-state index in [9.17, 15) is 4.79 Å². The Bertz CT molecular complexity index is 577. The normalized spacial score (nSPS) is 14.7. The molecule has 0 unspecified atom stereocenters. The van der Waals surface area contributed by atoms with Crippen LogP contribution < -0.4 is 4.90 Å². The largest absolute Gasteiger partial charge is 0.353 e. The first-order valence-corrected chi connectivity index (χ1v) is 8.49. The Kier molecular flexibility index (Phi) is 7.98. The van der Waals surface area contributed by atoms with E-state index in [-0.39, 0.29) is 0 Å². The summed E-state index contributed by atoms with van der Waals surface area (Å²) in [6.45, 7) is 7.89. The van der Waals surface area contributed by atoms with Gasteiger partial charge in [0.25, 0.3) is 0 Å². The number of nitrogens with zero attached hydrogens (tertiary/aromatic N) is 4. The van der Waals surface area contributed by atoms with E-state index < -0.39 is 0 Å². The molecule has 0 aliphatic carbocycles. The average molecular weight is 322 g/mol. The van der Waals surface area contributed by atoms with Crippen molar-refractivity contribution in [2.45, 2.75) is 13.8 Å². The lowest BCUT2D eigenvalue weighted by atomic mass is 10.3. The van der Waals surface area contributed by atoms with Crippen molar-refractivity contribution < 1.29 is 4.79 Å². The van der Waals surface area contributed by atoms with Gasteiger partial charge in [-0.05, 0) is 25.4 Å². The number of rotatable bonds is 2. The van der Waals surface area contributed by atoms with Gasteiger partial charge in [0.05, 0.1) is 0 Å². The van der Waals surface area contributed by atoms with Crippen LogP contribution in [0.25, 0.3) is 5.65 Å². The number of anilines is 1. The molecule has 1 saturated heterocycles. The minimum Gasteiger partial charge on any atom is -0.353 e. The summed E-state index contributed by atoms with van der Waals surface area (Å²) in [5, 5.41) is 0. The number of carbonyl (C=O) groups excluding carboxylic acids is 1. The third-order valence-electron chi connectivity index (χ3n) is 3.45. The van der Waals surface area contributed by atoms with Crippen molar-refractivity contribution >= 4 is 30.4 Å². The second-order valence-corrected chi connectivity index (χ2v) is 4.66. The number of fused-ring (bicyclic) bond motifs is 1. The van der Waals surface area contributed by atoms with Crippen molar-refractivity contribution in [3.8, 4) is 0 Å². The van der Waals surface area contributed by atoms with Crippen LogP contribution in [0.5, 0.6) is 0 Å². The van der Waals surface area contributed by atoms with Crippen LogP contribution in [0.2, 0.25) is 0 Å². The fraction of sp³-hybridized carbons (Fsp3) is 0.500. The molecule has 0 amide bonds. The molecule has 0 bridgehead atoms.